The molecule has 1 N–H and O–H groups in total. The molecule has 1 aromatic carbocycles. The van der Waals surface area contributed by atoms with Gasteiger partial charge in [0.15, 0.2) is 0 Å². The van der Waals surface area contributed by atoms with Crippen molar-refractivity contribution in [2.45, 2.75) is 26.1 Å². The largest absolute Gasteiger partial charge is 0.408 e. The van der Waals surface area contributed by atoms with Crippen LogP contribution in [0.25, 0.3) is 21.7 Å². The van der Waals surface area contributed by atoms with Crippen LogP contribution in [0.15, 0.2) is 34.9 Å². The van der Waals surface area contributed by atoms with Gasteiger partial charge < -0.3 is 5.32 Å². The first kappa shape index (κ1) is 18.2. The Balaban J connectivity index is 2.27. The van der Waals surface area contributed by atoms with E-state index in [9.17, 15) is 13.2 Å². The Labute approximate surface area is 155 Å². The Hall–Kier alpha value is -1.60. The fourth-order valence-electron chi connectivity index (χ4n) is 2.76. The maximum absolute atomic E-state index is 13.4. The van der Waals surface area contributed by atoms with E-state index in [1.807, 2.05) is 0 Å². The van der Waals surface area contributed by atoms with Crippen molar-refractivity contribution in [1.29, 1.82) is 0 Å². The first-order valence-electron chi connectivity index (χ1n) is 7.55. The van der Waals surface area contributed by atoms with Crippen LogP contribution in [0.3, 0.4) is 0 Å². The minimum atomic E-state index is -4.39. The minimum absolute atomic E-state index is 0.174. The Morgan fingerprint density at radius 2 is 1.88 bits per heavy atom. The van der Waals surface area contributed by atoms with E-state index in [4.69, 9.17) is 11.6 Å². The van der Waals surface area contributed by atoms with Crippen molar-refractivity contribution < 1.29 is 13.2 Å². The standard InChI is InChI=1S/C17H14BrClF3N3/c1-8(2)14(17(20,21)22)25-16-10-4-3-9(18)7-11(10)13-12(24-16)5-6-23-15(13)19/h3-8,14H,1-2H3,(H,24,25)/t14-/m1/s1. The van der Waals surface area contributed by atoms with Crippen molar-refractivity contribution in [3.8, 4) is 0 Å². The van der Waals surface area contributed by atoms with Gasteiger partial charge in [0, 0.05) is 21.4 Å². The van der Waals surface area contributed by atoms with Gasteiger partial charge in [-0.2, -0.15) is 13.2 Å². The van der Waals surface area contributed by atoms with Crippen LogP contribution >= 0.6 is 27.5 Å². The summed E-state index contributed by atoms with van der Waals surface area (Å²) in [7, 11) is 0. The molecule has 2 heterocycles. The second-order valence-electron chi connectivity index (χ2n) is 6.05. The molecule has 1 atom stereocenters. The number of nitrogens with one attached hydrogen (secondary N) is 1. The lowest BCUT2D eigenvalue weighted by molar-refractivity contribution is -0.150. The van der Waals surface area contributed by atoms with Gasteiger partial charge in [0.1, 0.15) is 17.0 Å². The zero-order valence-electron chi connectivity index (χ0n) is 13.3. The van der Waals surface area contributed by atoms with Gasteiger partial charge in [-0.25, -0.2) is 9.97 Å². The number of fused-ring (bicyclic) bond motifs is 3. The van der Waals surface area contributed by atoms with Crippen molar-refractivity contribution in [2.24, 2.45) is 5.92 Å². The molecule has 0 saturated heterocycles. The molecule has 25 heavy (non-hydrogen) atoms. The molecule has 0 fully saturated rings. The molecule has 8 heteroatoms. The number of benzene rings is 1. The monoisotopic (exact) mass is 431 g/mol. The average molecular weight is 433 g/mol. The normalized spacial score (nSPS) is 13.6. The third kappa shape index (κ3) is 3.53. The van der Waals surface area contributed by atoms with E-state index in [1.165, 1.54) is 20.0 Å². The number of pyridine rings is 2. The van der Waals surface area contributed by atoms with E-state index in [2.05, 4.69) is 31.2 Å². The van der Waals surface area contributed by atoms with Gasteiger partial charge in [-0.3, -0.25) is 0 Å². The van der Waals surface area contributed by atoms with E-state index in [1.54, 1.807) is 24.3 Å². The zero-order valence-corrected chi connectivity index (χ0v) is 15.7. The average Bonchev–Trinajstić information content (AvgIpc) is 2.50. The summed E-state index contributed by atoms with van der Waals surface area (Å²) in [6, 6.07) is 5.19. The molecule has 0 bridgehead atoms. The Morgan fingerprint density at radius 3 is 2.52 bits per heavy atom. The van der Waals surface area contributed by atoms with Crippen LogP contribution in [0.2, 0.25) is 5.15 Å². The molecule has 0 spiro atoms. The quantitative estimate of drug-likeness (QED) is 0.396. The maximum Gasteiger partial charge on any atom is 0.408 e. The van der Waals surface area contributed by atoms with E-state index >= 15 is 0 Å². The van der Waals surface area contributed by atoms with Crippen LogP contribution in [0.4, 0.5) is 19.0 Å². The Kier molecular flexibility index (Phi) is 4.81. The van der Waals surface area contributed by atoms with Gasteiger partial charge in [0.05, 0.1) is 5.52 Å². The fraction of sp³-hybridized carbons (Fsp3) is 0.294. The third-order valence-corrected chi connectivity index (χ3v) is 4.71. The highest BCUT2D eigenvalue weighted by atomic mass is 79.9. The van der Waals surface area contributed by atoms with Crippen molar-refractivity contribution in [3.05, 3.63) is 40.1 Å². The summed E-state index contributed by atoms with van der Waals surface area (Å²) in [5, 5.41) is 4.69. The molecular weight excluding hydrogens is 419 g/mol. The summed E-state index contributed by atoms with van der Waals surface area (Å²) in [5.74, 6) is -0.475. The molecule has 0 aliphatic carbocycles. The number of nitrogens with zero attached hydrogens (tertiary/aromatic N) is 2. The number of aromatic nitrogens is 2. The second-order valence-corrected chi connectivity index (χ2v) is 7.33. The molecule has 3 aromatic rings. The predicted octanol–water partition coefficient (Wildman–Crippen LogP) is 6.20. The van der Waals surface area contributed by atoms with Crippen molar-refractivity contribution in [2.75, 3.05) is 5.32 Å². The third-order valence-electron chi connectivity index (χ3n) is 3.93. The SMILES string of the molecule is CC(C)[C@@H](Nc1nc2ccnc(Cl)c2c2cc(Br)ccc12)C(F)(F)F. The topological polar surface area (TPSA) is 37.8 Å². The summed E-state index contributed by atoms with van der Waals surface area (Å²) in [5.41, 5.74) is 0.484. The van der Waals surface area contributed by atoms with Crippen molar-refractivity contribution >= 4 is 55.0 Å². The number of halogens is 5. The van der Waals surface area contributed by atoms with Gasteiger partial charge in [-0.15, -0.1) is 0 Å². The van der Waals surface area contributed by atoms with Crippen LogP contribution in [0.5, 0.6) is 0 Å². The maximum atomic E-state index is 13.4. The zero-order chi connectivity index (χ0) is 18.4. The number of hydrogen-bond acceptors (Lipinski definition) is 3. The highest BCUT2D eigenvalue weighted by molar-refractivity contribution is 9.10. The highest BCUT2D eigenvalue weighted by Crippen LogP contribution is 2.36. The van der Waals surface area contributed by atoms with Gasteiger partial charge in [-0.1, -0.05) is 41.4 Å². The highest BCUT2D eigenvalue weighted by Gasteiger charge is 2.42. The minimum Gasteiger partial charge on any atom is -0.358 e. The molecule has 3 nitrogen and oxygen atoms in total. The molecule has 0 radical (unpaired) electrons. The van der Waals surface area contributed by atoms with E-state index < -0.39 is 18.1 Å². The molecule has 3 rings (SSSR count). The number of anilines is 1. The van der Waals surface area contributed by atoms with Crippen LogP contribution in [-0.2, 0) is 0 Å². The lowest BCUT2D eigenvalue weighted by Gasteiger charge is -2.26. The van der Waals surface area contributed by atoms with E-state index in [0.29, 0.717) is 21.7 Å². The van der Waals surface area contributed by atoms with Crippen LogP contribution in [-0.4, -0.2) is 22.2 Å². The fourth-order valence-corrected chi connectivity index (χ4v) is 3.38. The number of hydrogen-bond donors (Lipinski definition) is 1. The van der Waals surface area contributed by atoms with Crippen molar-refractivity contribution in [1.82, 2.24) is 9.97 Å². The van der Waals surface area contributed by atoms with Crippen LogP contribution < -0.4 is 5.32 Å². The van der Waals surface area contributed by atoms with E-state index in [0.717, 1.165) is 4.47 Å². The summed E-state index contributed by atoms with van der Waals surface area (Å²) in [6.45, 7) is 3.04. The van der Waals surface area contributed by atoms with Gasteiger partial charge in [-0.05, 0) is 35.6 Å². The van der Waals surface area contributed by atoms with E-state index in [-0.39, 0.29) is 11.0 Å². The molecule has 0 aliphatic heterocycles. The van der Waals surface area contributed by atoms with Gasteiger partial charge >= 0.3 is 6.18 Å². The summed E-state index contributed by atoms with van der Waals surface area (Å²) < 4.78 is 40.9. The molecule has 0 unspecified atom stereocenters. The van der Waals surface area contributed by atoms with Crippen molar-refractivity contribution in [3.63, 3.8) is 0 Å². The molecule has 132 valence electrons. The Bertz CT molecular complexity index is 944. The summed E-state index contributed by atoms with van der Waals surface area (Å²) >= 11 is 9.59. The lowest BCUT2D eigenvalue weighted by Crippen LogP contribution is -2.40. The lowest BCUT2D eigenvalue weighted by atomic mass is 10.0. The summed E-state index contributed by atoms with van der Waals surface area (Å²) in [4.78, 5) is 8.43. The number of rotatable bonds is 3. The molecule has 0 amide bonds. The summed E-state index contributed by atoms with van der Waals surface area (Å²) in [6.07, 6.45) is -2.91. The molecule has 0 aliphatic rings. The van der Waals surface area contributed by atoms with Gasteiger partial charge in [0.25, 0.3) is 0 Å². The molecule has 0 saturated carbocycles. The van der Waals surface area contributed by atoms with Crippen LogP contribution in [0, 0.1) is 5.92 Å². The predicted molar refractivity (Wildman–Crippen MR) is 98.1 cm³/mol. The molecular formula is C17H14BrClF3N3. The first-order chi connectivity index (χ1) is 11.7. The van der Waals surface area contributed by atoms with Gasteiger partial charge in [0.2, 0.25) is 0 Å². The smallest absolute Gasteiger partial charge is 0.358 e. The molecule has 2 aromatic heterocycles. The van der Waals surface area contributed by atoms with Crippen LogP contribution in [0.1, 0.15) is 13.8 Å². The second kappa shape index (κ2) is 6.61. The first-order valence-corrected chi connectivity index (χ1v) is 8.72. The number of alkyl halides is 3. The Morgan fingerprint density at radius 1 is 1.16 bits per heavy atom.